The van der Waals surface area contributed by atoms with E-state index in [4.69, 9.17) is 12.2 Å². The number of hydrogen-bond donors (Lipinski definition) is 2. The van der Waals surface area contributed by atoms with Gasteiger partial charge in [-0.15, -0.1) is 0 Å². The van der Waals surface area contributed by atoms with Crippen molar-refractivity contribution in [3.8, 4) is 0 Å². The van der Waals surface area contributed by atoms with Crippen LogP contribution in [0, 0.1) is 0 Å². The van der Waals surface area contributed by atoms with Gasteiger partial charge in [-0.2, -0.15) is 5.10 Å². The van der Waals surface area contributed by atoms with E-state index >= 15 is 0 Å². The van der Waals surface area contributed by atoms with Crippen LogP contribution in [0.2, 0.25) is 0 Å². The van der Waals surface area contributed by atoms with Gasteiger partial charge < -0.3 is 10.2 Å². The second-order valence-corrected chi connectivity index (χ2v) is 5.88. The van der Waals surface area contributed by atoms with Gasteiger partial charge in [0.15, 0.2) is 5.11 Å². The number of benzene rings is 1. The van der Waals surface area contributed by atoms with E-state index < -0.39 is 0 Å². The van der Waals surface area contributed by atoms with E-state index in [0.29, 0.717) is 5.11 Å². The van der Waals surface area contributed by atoms with Crippen LogP contribution in [0.25, 0.3) is 0 Å². The van der Waals surface area contributed by atoms with Crippen LogP contribution in [-0.4, -0.2) is 35.9 Å². The van der Waals surface area contributed by atoms with Gasteiger partial charge >= 0.3 is 0 Å². The molecule has 102 valence electrons. The zero-order valence-corrected chi connectivity index (χ0v) is 13.2. The summed E-state index contributed by atoms with van der Waals surface area (Å²) in [7, 11) is 2.13. The van der Waals surface area contributed by atoms with Gasteiger partial charge in [0.1, 0.15) is 0 Å². The number of halogens is 1. The number of nitrogens with zero attached hydrogens (tertiary/aromatic N) is 2. The van der Waals surface area contributed by atoms with E-state index in [1.165, 1.54) is 5.71 Å². The minimum absolute atomic E-state index is 0.522. The van der Waals surface area contributed by atoms with Gasteiger partial charge in [0, 0.05) is 41.8 Å². The molecule has 6 heteroatoms. The number of anilines is 1. The van der Waals surface area contributed by atoms with Crippen molar-refractivity contribution < 1.29 is 0 Å². The van der Waals surface area contributed by atoms with E-state index in [2.05, 4.69) is 43.7 Å². The molecule has 4 nitrogen and oxygen atoms in total. The number of thiocarbonyl (C=S) groups is 1. The molecule has 0 radical (unpaired) electrons. The summed E-state index contributed by atoms with van der Waals surface area (Å²) in [5, 5.41) is 7.98. The second-order valence-electron chi connectivity index (χ2n) is 4.55. The predicted octanol–water partition coefficient (Wildman–Crippen LogP) is 2.82. The third-order valence-corrected chi connectivity index (χ3v) is 3.70. The van der Waals surface area contributed by atoms with E-state index in [1.807, 2.05) is 24.3 Å². The van der Waals surface area contributed by atoms with Crippen molar-refractivity contribution >= 4 is 44.7 Å². The molecule has 0 unspecified atom stereocenters. The summed E-state index contributed by atoms with van der Waals surface area (Å²) in [6.45, 7) is 2.13. The minimum atomic E-state index is 0.522. The normalized spacial score (nSPS) is 16.0. The standard InChI is InChI=1S/C13H17BrN4S/c1-18-8-6-12(7-9-18)16-17-13(19)15-11-4-2-10(14)3-5-11/h2-5H,6-9H2,1H3,(H2,15,17,19). The summed E-state index contributed by atoms with van der Waals surface area (Å²) < 4.78 is 1.04. The minimum Gasteiger partial charge on any atom is -0.331 e. The van der Waals surface area contributed by atoms with Crippen molar-refractivity contribution in [3.05, 3.63) is 28.7 Å². The van der Waals surface area contributed by atoms with Crippen LogP contribution in [0.5, 0.6) is 0 Å². The summed E-state index contributed by atoms with van der Waals surface area (Å²) in [5.74, 6) is 0. The van der Waals surface area contributed by atoms with Gasteiger partial charge in [-0.1, -0.05) is 15.9 Å². The van der Waals surface area contributed by atoms with Crippen molar-refractivity contribution in [2.75, 3.05) is 25.5 Å². The molecule has 1 aromatic rings. The lowest BCUT2D eigenvalue weighted by Gasteiger charge is -2.22. The highest BCUT2D eigenvalue weighted by atomic mass is 79.9. The van der Waals surface area contributed by atoms with Crippen LogP contribution >= 0.6 is 28.1 Å². The smallest absolute Gasteiger partial charge is 0.191 e. The Morgan fingerprint density at radius 3 is 2.53 bits per heavy atom. The first-order valence-electron chi connectivity index (χ1n) is 6.20. The number of nitrogens with one attached hydrogen (secondary N) is 2. The van der Waals surface area contributed by atoms with Crippen LogP contribution < -0.4 is 10.7 Å². The average molecular weight is 341 g/mol. The van der Waals surface area contributed by atoms with E-state index in [1.54, 1.807) is 0 Å². The Morgan fingerprint density at radius 1 is 1.26 bits per heavy atom. The Morgan fingerprint density at radius 2 is 1.89 bits per heavy atom. The monoisotopic (exact) mass is 340 g/mol. The van der Waals surface area contributed by atoms with Crippen LogP contribution in [0.15, 0.2) is 33.8 Å². The molecule has 0 atom stereocenters. The van der Waals surface area contributed by atoms with E-state index in [9.17, 15) is 0 Å². The Labute approximate surface area is 127 Å². The molecule has 2 rings (SSSR count). The Kier molecular flexibility index (Phi) is 5.30. The number of hydrazone groups is 1. The maximum atomic E-state index is 5.21. The molecular weight excluding hydrogens is 324 g/mol. The lowest BCUT2D eigenvalue weighted by Crippen LogP contribution is -2.32. The summed E-state index contributed by atoms with van der Waals surface area (Å²) in [6, 6.07) is 7.85. The Bertz CT molecular complexity index is 462. The van der Waals surface area contributed by atoms with Gasteiger partial charge in [0.2, 0.25) is 0 Å². The first-order valence-corrected chi connectivity index (χ1v) is 7.40. The van der Waals surface area contributed by atoms with Crippen LogP contribution in [0.3, 0.4) is 0 Å². The van der Waals surface area contributed by atoms with Crippen molar-refractivity contribution in [2.24, 2.45) is 5.10 Å². The first-order chi connectivity index (χ1) is 9.13. The highest BCUT2D eigenvalue weighted by Crippen LogP contribution is 2.13. The molecule has 1 aromatic carbocycles. The molecule has 1 heterocycles. The molecule has 1 aliphatic heterocycles. The molecule has 0 amide bonds. The molecule has 1 saturated heterocycles. The maximum absolute atomic E-state index is 5.21. The number of rotatable bonds is 2. The second kappa shape index (κ2) is 6.98. The molecule has 0 bridgehead atoms. The van der Waals surface area contributed by atoms with E-state index in [0.717, 1.165) is 36.1 Å². The summed E-state index contributed by atoms with van der Waals surface area (Å²) in [4.78, 5) is 2.30. The molecule has 2 N–H and O–H groups in total. The van der Waals surface area contributed by atoms with Crippen LogP contribution in [-0.2, 0) is 0 Å². The first kappa shape index (κ1) is 14.4. The van der Waals surface area contributed by atoms with Crippen LogP contribution in [0.4, 0.5) is 5.69 Å². The summed E-state index contributed by atoms with van der Waals surface area (Å²) in [5.41, 5.74) is 5.04. The molecule has 0 aromatic heterocycles. The average Bonchev–Trinajstić information content (AvgIpc) is 2.41. The number of hydrogen-bond acceptors (Lipinski definition) is 3. The Balaban J connectivity index is 1.81. The van der Waals surface area contributed by atoms with Gasteiger partial charge in [0.25, 0.3) is 0 Å². The fourth-order valence-corrected chi connectivity index (χ4v) is 2.24. The molecule has 0 aliphatic carbocycles. The fourth-order valence-electron chi connectivity index (χ4n) is 1.81. The highest BCUT2D eigenvalue weighted by molar-refractivity contribution is 9.10. The predicted molar refractivity (Wildman–Crippen MR) is 87.7 cm³/mol. The van der Waals surface area contributed by atoms with E-state index in [-0.39, 0.29) is 0 Å². The number of piperidine rings is 1. The molecule has 0 spiro atoms. The van der Waals surface area contributed by atoms with Crippen molar-refractivity contribution in [1.82, 2.24) is 10.3 Å². The van der Waals surface area contributed by atoms with Crippen molar-refractivity contribution in [1.29, 1.82) is 0 Å². The quantitative estimate of drug-likeness (QED) is 0.641. The van der Waals surface area contributed by atoms with Crippen LogP contribution in [0.1, 0.15) is 12.8 Å². The maximum Gasteiger partial charge on any atom is 0.191 e. The third-order valence-electron chi connectivity index (χ3n) is 2.98. The SMILES string of the molecule is CN1CCC(=NNC(=S)Nc2ccc(Br)cc2)CC1. The molecule has 1 fully saturated rings. The molecule has 19 heavy (non-hydrogen) atoms. The molecule has 0 saturated carbocycles. The van der Waals surface area contributed by atoms with Gasteiger partial charge in [-0.3, -0.25) is 5.43 Å². The van der Waals surface area contributed by atoms with Gasteiger partial charge in [0.05, 0.1) is 0 Å². The Hall–Kier alpha value is -0.980. The van der Waals surface area contributed by atoms with Crippen molar-refractivity contribution in [2.45, 2.75) is 12.8 Å². The third kappa shape index (κ3) is 4.89. The van der Waals surface area contributed by atoms with Crippen molar-refractivity contribution in [3.63, 3.8) is 0 Å². The lowest BCUT2D eigenvalue weighted by molar-refractivity contribution is 0.335. The largest absolute Gasteiger partial charge is 0.331 e. The summed E-state index contributed by atoms with van der Waals surface area (Å²) >= 11 is 8.61. The zero-order valence-electron chi connectivity index (χ0n) is 10.8. The lowest BCUT2D eigenvalue weighted by atomic mass is 10.1. The van der Waals surface area contributed by atoms with Gasteiger partial charge in [-0.25, -0.2) is 0 Å². The molecular formula is C13H17BrN4S. The fraction of sp³-hybridized carbons (Fsp3) is 0.385. The number of likely N-dealkylation sites (tertiary alicyclic amines) is 1. The summed E-state index contributed by atoms with van der Waals surface area (Å²) in [6.07, 6.45) is 2.01. The zero-order chi connectivity index (χ0) is 13.7. The topological polar surface area (TPSA) is 39.7 Å². The van der Waals surface area contributed by atoms with Gasteiger partial charge in [-0.05, 0) is 43.5 Å². The highest BCUT2D eigenvalue weighted by Gasteiger charge is 2.11. The molecule has 1 aliphatic rings.